The summed E-state index contributed by atoms with van der Waals surface area (Å²) in [6, 6.07) is 3.18. The molecule has 0 bridgehead atoms. The van der Waals surface area contributed by atoms with Crippen LogP contribution in [0.25, 0.3) is 10.1 Å². The SMILES string of the molecule is NC(=O)c1c(NC(=O)C2CC2)sc2cc(O)c(Br)cc12. The van der Waals surface area contributed by atoms with Gasteiger partial charge in [0.05, 0.1) is 10.0 Å². The first-order valence-corrected chi connectivity index (χ1v) is 7.64. The lowest BCUT2D eigenvalue weighted by molar-refractivity contribution is -0.117. The van der Waals surface area contributed by atoms with Gasteiger partial charge in [0, 0.05) is 16.0 Å². The van der Waals surface area contributed by atoms with Gasteiger partial charge in [0.25, 0.3) is 5.91 Å². The van der Waals surface area contributed by atoms with Crippen molar-refractivity contribution in [3.63, 3.8) is 0 Å². The zero-order valence-electron chi connectivity index (χ0n) is 10.3. The second kappa shape index (κ2) is 4.75. The second-order valence-electron chi connectivity index (χ2n) is 4.73. The van der Waals surface area contributed by atoms with Gasteiger partial charge in [-0.05, 0) is 40.9 Å². The summed E-state index contributed by atoms with van der Waals surface area (Å²) in [6.45, 7) is 0. The number of halogens is 1. The van der Waals surface area contributed by atoms with Crippen molar-refractivity contribution in [3.05, 3.63) is 22.2 Å². The number of rotatable bonds is 3. The van der Waals surface area contributed by atoms with Crippen molar-refractivity contribution < 1.29 is 14.7 Å². The third-order valence-electron chi connectivity index (χ3n) is 3.19. The summed E-state index contributed by atoms with van der Waals surface area (Å²) in [6.07, 6.45) is 1.77. The number of benzene rings is 1. The highest BCUT2D eigenvalue weighted by Gasteiger charge is 2.31. The average molecular weight is 355 g/mol. The number of aromatic hydroxyl groups is 1. The third kappa shape index (κ3) is 2.27. The first-order valence-electron chi connectivity index (χ1n) is 6.03. The van der Waals surface area contributed by atoms with E-state index in [0.717, 1.165) is 12.8 Å². The van der Waals surface area contributed by atoms with E-state index in [-0.39, 0.29) is 17.6 Å². The Morgan fingerprint density at radius 2 is 2.10 bits per heavy atom. The molecule has 0 saturated heterocycles. The van der Waals surface area contributed by atoms with Crippen LogP contribution in [0.2, 0.25) is 0 Å². The normalized spacial score (nSPS) is 14.4. The molecular weight excluding hydrogens is 344 g/mol. The molecule has 0 spiro atoms. The summed E-state index contributed by atoms with van der Waals surface area (Å²) in [5.41, 5.74) is 5.71. The van der Waals surface area contributed by atoms with E-state index in [1.54, 1.807) is 12.1 Å². The Bertz CT molecular complexity index is 737. The number of amides is 2. The number of anilines is 1. The summed E-state index contributed by atoms with van der Waals surface area (Å²) in [5, 5.41) is 13.5. The van der Waals surface area contributed by atoms with Crippen molar-refractivity contribution in [2.24, 2.45) is 11.7 Å². The van der Waals surface area contributed by atoms with Gasteiger partial charge in [-0.15, -0.1) is 11.3 Å². The van der Waals surface area contributed by atoms with Gasteiger partial charge >= 0.3 is 0 Å². The number of nitrogens with two attached hydrogens (primary N) is 1. The number of phenolic OH excluding ortho intramolecular Hbond substituents is 1. The number of nitrogens with one attached hydrogen (secondary N) is 1. The Morgan fingerprint density at radius 1 is 1.40 bits per heavy atom. The average Bonchev–Trinajstić information content (AvgIpc) is 3.14. The van der Waals surface area contributed by atoms with Crippen LogP contribution >= 0.6 is 27.3 Å². The minimum Gasteiger partial charge on any atom is -0.507 e. The van der Waals surface area contributed by atoms with Crippen molar-refractivity contribution in [1.29, 1.82) is 0 Å². The molecule has 2 aromatic rings. The summed E-state index contributed by atoms with van der Waals surface area (Å²) >= 11 is 4.44. The molecule has 7 heteroatoms. The molecule has 1 heterocycles. The zero-order chi connectivity index (χ0) is 14.4. The summed E-state index contributed by atoms with van der Waals surface area (Å²) in [4.78, 5) is 23.5. The highest BCUT2D eigenvalue weighted by molar-refractivity contribution is 9.10. The van der Waals surface area contributed by atoms with E-state index in [4.69, 9.17) is 5.73 Å². The van der Waals surface area contributed by atoms with Gasteiger partial charge in [0.15, 0.2) is 0 Å². The van der Waals surface area contributed by atoms with Crippen LogP contribution in [0, 0.1) is 5.92 Å². The van der Waals surface area contributed by atoms with Gasteiger partial charge in [-0.2, -0.15) is 0 Å². The third-order valence-corrected chi connectivity index (χ3v) is 4.89. The van der Waals surface area contributed by atoms with Crippen LogP contribution in [0.1, 0.15) is 23.2 Å². The number of carbonyl (C=O) groups excluding carboxylic acids is 2. The van der Waals surface area contributed by atoms with Crippen molar-refractivity contribution in [2.45, 2.75) is 12.8 Å². The lowest BCUT2D eigenvalue weighted by Gasteiger charge is -2.03. The maximum Gasteiger partial charge on any atom is 0.252 e. The minimum absolute atomic E-state index is 0.0427. The maximum atomic E-state index is 11.8. The molecule has 1 fully saturated rings. The minimum atomic E-state index is -0.597. The molecule has 0 unspecified atom stereocenters. The van der Waals surface area contributed by atoms with E-state index < -0.39 is 5.91 Å². The molecule has 3 rings (SSSR count). The Kier molecular flexibility index (Phi) is 3.18. The molecule has 1 aliphatic rings. The first-order chi connectivity index (χ1) is 9.47. The van der Waals surface area contributed by atoms with Crippen LogP contribution in [0.5, 0.6) is 5.75 Å². The van der Waals surface area contributed by atoms with E-state index >= 15 is 0 Å². The van der Waals surface area contributed by atoms with Gasteiger partial charge in [-0.3, -0.25) is 9.59 Å². The first kappa shape index (κ1) is 13.4. The molecule has 0 radical (unpaired) electrons. The van der Waals surface area contributed by atoms with Crippen molar-refractivity contribution in [3.8, 4) is 5.75 Å². The second-order valence-corrected chi connectivity index (χ2v) is 6.64. The predicted molar refractivity (Wildman–Crippen MR) is 81.1 cm³/mol. The van der Waals surface area contributed by atoms with Gasteiger partial charge in [-0.25, -0.2) is 0 Å². The monoisotopic (exact) mass is 354 g/mol. The number of thiophene rings is 1. The highest BCUT2D eigenvalue weighted by atomic mass is 79.9. The molecular formula is C13H11BrN2O3S. The van der Waals surface area contributed by atoms with Gasteiger partial charge in [0.1, 0.15) is 10.8 Å². The van der Waals surface area contributed by atoms with E-state index in [9.17, 15) is 14.7 Å². The molecule has 0 aliphatic heterocycles. The molecule has 1 aliphatic carbocycles. The van der Waals surface area contributed by atoms with Crippen LogP contribution in [-0.4, -0.2) is 16.9 Å². The van der Waals surface area contributed by atoms with E-state index in [0.29, 0.717) is 25.1 Å². The fourth-order valence-corrected chi connectivity index (χ4v) is 3.47. The molecule has 104 valence electrons. The van der Waals surface area contributed by atoms with E-state index in [2.05, 4.69) is 21.2 Å². The van der Waals surface area contributed by atoms with Gasteiger partial charge in [-0.1, -0.05) is 0 Å². The summed E-state index contributed by atoms with van der Waals surface area (Å²) < 4.78 is 1.18. The Balaban J connectivity index is 2.12. The number of hydrogen-bond donors (Lipinski definition) is 3. The Morgan fingerprint density at radius 3 is 2.70 bits per heavy atom. The lowest BCUT2D eigenvalue weighted by Crippen LogP contribution is -2.17. The largest absolute Gasteiger partial charge is 0.507 e. The number of hydrogen-bond acceptors (Lipinski definition) is 4. The molecule has 1 aromatic heterocycles. The number of carbonyl (C=O) groups is 2. The van der Waals surface area contributed by atoms with E-state index in [1.807, 2.05) is 0 Å². The number of primary amides is 1. The molecule has 5 nitrogen and oxygen atoms in total. The van der Waals surface area contributed by atoms with Crippen LogP contribution in [0.4, 0.5) is 5.00 Å². The fourth-order valence-electron chi connectivity index (χ4n) is 2.00. The van der Waals surface area contributed by atoms with Crippen LogP contribution in [0.3, 0.4) is 0 Å². The smallest absolute Gasteiger partial charge is 0.252 e. The van der Waals surface area contributed by atoms with Crippen LogP contribution in [0.15, 0.2) is 16.6 Å². The Labute approximate surface area is 126 Å². The van der Waals surface area contributed by atoms with Gasteiger partial charge < -0.3 is 16.2 Å². The molecule has 2 amide bonds. The molecule has 1 saturated carbocycles. The Hall–Kier alpha value is -1.60. The van der Waals surface area contributed by atoms with Crippen molar-refractivity contribution >= 4 is 54.2 Å². The number of fused-ring (bicyclic) bond motifs is 1. The standard InChI is InChI=1S/C13H11BrN2O3S/c14-7-3-6-9(4-8(7)17)20-13(10(6)11(15)18)16-12(19)5-1-2-5/h3-5,17H,1-2H2,(H2,15,18)(H,16,19). The fraction of sp³-hybridized carbons (Fsp3) is 0.231. The maximum absolute atomic E-state index is 11.8. The quantitative estimate of drug-likeness (QED) is 0.791. The van der Waals surface area contributed by atoms with Crippen molar-refractivity contribution in [1.82, 2.24) is 0 Å². The van der Waals surface area contributed by atoms with E-state index in [1.165, 1.54) is 11.3 Å². The topological polar surface area (TPSA) is 92.4 Å². The lowest BCUT2D eigenvalue weighted by atomic mass is 10.1. The summed E-state index contributed by atoms with van der Waals surface area (Å²) in [5.74, 6) is -0.557. The van der Waals surface area contributed by atoms with Crippen LogP contribution < -0.4 is 11.1 Å². The molecule has 20 heavy (non-hydrogen) atoms. The highest BCUT2D eigenvalue weighted by Crippen LogP contribution is 2.41. The molecule has 4 N–H and O–H groups in total. The molecule has 0 atom stereocenters. The molecule has 1 aromatic carbocycles. The number of phenols is 1. The van der Waals surface area contributed by atoms with Gasteiger partial charge in [0.2, 0.25) is 5.91 Å². The van der Waals surface area contributed by atoms with Crippen LogP contribution in [-0.2, 0) is 4.79 Å². The van der Waals surface area contributed by atoms with Crippen molar-refractivity contribution in [2.75, 3.05) is 5.32 Å². The zero-order valence-corrected chi connectivity index (χ0v) is 12.7. The summed E-state index contributed by atoms with van der Waals surface area (Å²) in [7, 11) is 0. The predicted octanol–water partition coefficient (Wildman–Crippen LogP) is 2.82.